The van der Waals surface area contributed by atoms with E-state index in [-0.39, 0.29) is 42.3 Å². The summed E-state index contributed by atoms with van der Waals surface area (Å²) in [5.74, 6) is -0.165. The fraction of sp³-hybridized carbons (Fsp3) is 0.464. The molecule has 4 amide bonds. The summed E-state index contributed by atoms with van der Waals surface area (Å²) in [5.41, 5.74) is 5.10. The fourth-order valence-corrected chi connectivity index (χ4v) is 5.86. The highest BCUT2D eigenvalue weighted by molar-refractivity contribution is 6.31. The maximum Gasteiger partial charge on any atom is 0.337 e. The minimum atomic E-state index is -0.624. The molecule has 37 heavy (non-hydrogen) atoms. The number of fused-ring (bicyclic) bond motifs is 3. The molecule has 196 valence electrons. The predicted molar refractivity (Wildman–Crippen MR) is 141 cm³/mol. The van der Waals surface area contributed by atoms with Gasteiger partial charge >= 0.3 is 6.03 Å². The summed E-state index contributed by atoms with van der Waals surface area (Å²) in [6.07, 6.45) is 1.07. The van der Waals surface area contributed by atoms with Gasteiger partial charge in [0.1, 0.15) is 0 Å². The molecule has 0 spiro atoms. The van der Waals surface area contributed by atoms with Crippen LogP contribution < -0.4 is 10.7 Å². The van der Waals surface area contributed by atoms with E-state index >= 15 is 0 Å². The highest BCUT2D eigenvalue weighted by Gasteiger charge is 2.56. The van der Waals surface area contributed by atoms with Crippen LogP contribution in [0.3, 0.4) is 0 Å². The highest BCUT2D eigenvalue weighted by atomic mass is 35.5. The lowest BCUT2D eigenvalue weighted by Gasteiger charge is -2.49. The third kappa shape index (κ3) is 5.18. The Kier molecular flexibility index (Phi) is 7.40. The van der Waals surface area contributed by atoms with E-state index in [2.05, 4.69) is 24.6 Å². The third-order valence-electron chi connectivity index (χ3n) is 7.59. The van der Waals surface area contributed by atoms with E-state index < -0.39 is 6.29 Å². The van der Waals surface area contributed by atoms with Gasteiger partial charge in [-0.25, -0.2) is 4.79 Å². The zero-order valence-corrected chi connectivity index (χ0v) is 22.0. The molecule has 1 saturated carbocycles. The zero-order chi connectivity index (χ0) is 26.1. The van der Waals surface area contributed by atoms with Crippen LogP contribution in [-0.4, -0.2) is 51.5 Å². The van der Waals surface area contributed by atoms with Crippen LogP contribution in [0.25, 0.3) is 0 Å². The summed E-state index contributed by atoms with van der Waals surface area (Å²) in [6.45, 7) is 5.40. The fourth-order valence-electron chi connectivity index (χ4n) is 5.66. The molecule has 2 heterocycles. The molecule has 4 atom stereocenters. The van der Waals surface area contributed by atoms with Gasteiger partial charge in [0.2, 0.25) is 11.8 Å². The number of amides is 4. The van der Waals surface area contributed by atoms with Crippen LogP contribution in [0.1, 0.15) is 44.2 Å². The van der Waals surface area contributed by atoms with E-state index in [1.807, 2.05) is 48.5 Å². The lowest BCUT2D eigenvalue weighted by molar-refractivity contribution is -0.159. The lowest BCUT2D eigenvalue weighted by atomic mass is 9.75. The van der Waals surface area contributed by atoms with Gasteiger partial charge in [0.15, 0.2) is 6.29 Å². The Bertz CT molecular complexity index is 1160. The van der Waals surface area contributed by atoms with Crippen molar-refractivity contribution in [3.63, 3.8) is 0 Å². The molecule has 0 aromatic heterocycles. The Hall–Kier alpha value is -3.10. The summed E-state index contributed by atoms with van der Waals surface area (Å²) in [6, 6.07) is 16.7. The van der Waals surface area contributed by atoms with Gasteiger partial charge in [-0.05, 0) is 42.4 Å². The smallest absolute Gasteiger partial charge is 0.337 e. The summed E-state index contributed by atoms with van der Waals surface area (Å²) in [5, 5.41) is 5.16. The van der Waals surface area contributed by atoms with E-state index in [1.54, 1.807) is 20.9 Å². The minimum Gasteiger partial charge on any atom is -0.356 e. The van der Waals surface area contributed by atoms with Gasteiger partial charge in [-0.2, -0.15) is 5.43 Å². The average Bonchev–Trinajstić information content (AvgIpc) is 3.22. The van der Waals surface area contributed by atoms with Gasteiger partial charge in [0, 0.05) is 30.1 Å². The second-order valence-corrected chi connectivity index (χ2v) is 11.1. The van der Waals surface area contributed by atoms with Crippen molar-refractivity contribution in [3.05, 3.63) is 70.7 Å². The van der Waals surface area contributed by atoms with Crippen molar-refractivity contribution >= 4 is 29.4 Å². The number of hydrogen-bond donors (Lipinski definition) is 2. The van der Waals surface area contributed by atoms with Crippen molar-refractivity contribution in [1.82, 2.24) is 25.6 Å². The summed E-state index contributed by atoms with van der Waals surface area (Å²) < 4.78 is 0. The Balaban J connectivity index is 1.42. The maximum atomic E-state index is 13.8. The minimum absolute atomic E-state index is 0.00962. The third-order valence-corrected chi connectivity index (χ3v) is 7.96. The second kappa shape index (κ2) is 10.7. The van der Waals surface area contributed by atoms with Gasteiger partial charge in [0.05, 0.1) is 12.5 Å². The number of carbonyl (C=O) groups is 3. The molecule has 2 aromatic rings. The normalized spacial score (nSPS) is 25.4. The number of urea groups is 1. The standard InChI is InChI=1S/C28H34ClN5O3/c1-18(2)15-30-25(35)20-12-13-22-24(14-20)34-27(32(26(22)36)16-19-8-4-3-5-9-19)31-33(28(34)37)17-21-10-6-7-11-23(21)29/h3-11,18,20,22,24,27,31H,12-17H2,1-2H3,(H,30,35). The first-order chi connectivity index (χ1) is 17.8. The van der Waals surface area contributed by atoms with Crippen molar-refractivity contribution in [2.45, 2.75) is 58.5 Å². The van der Waals surface area contributed by atoms with Crippen LogP contribution >= 0.6 is 11.6 Å². The Morgan fingerprint density at radius 2 is 1.78 bits per heavy atom. The number of hydrazine groups is 1. The molecule has 2 aliphatic heterocycles. The van der Waals surface area contributed by atoms with Crippen LogP contribution in [0.15, 0.2) is 54.6 Å². The van der Waals surface area contributed by atoms with Crippen molar-refractivity contribution in [3.8, 4) is 0 Å². The molecule has 8 nitrogen and oxygen atoms in total. The van der Waals surface area contributed by atoms with Crippen LogP contribution in [0, 0.1) is 17.8 Å². The molecule has 4 unspecified atom stereocenters. The van der Waals surface area contributed by atoms with E-state index in [0.717, 1.165) is 11.1 Å². The van der Waals surface area contributed by atoms with E-state index in [9.17, 15) is 14.4 Å². The average molecular weight is 524 g/mol. The second-order valence-electron chi connectivity index (χ2n) is 10.6. The van der Waals surface area contributed by atoms with Gasteiger partial charge in [0.25, 0.3) is 0 Å². The molecular formula is C28H34ClN5O3. The quantitative estimate of drug-likeness (QED) is 0.575. The number of halogens is 1. The number of hydrogen-bond acceptors (Lipinski definition) is 4. The van der Waals surface area contributed by atoms with E-state index in [1.165, 1.54) is 0 Å². The molecule has 0 bridgehead atoms. The molecule has 0 radical (unpaired) electrons. The molecule has 2 N–H and O–H groups in total. The first-order valence-electron chi connectivity index (χ1n) is 13.0. The Labute approximate surface area is 222 Å². The maximum absolute atomic E-state index is 13.8. The molecule has 5 rings (SSSR count). The molecule has 2 saturated heterocycles. The first-order valence-corrected chi connectivity index (χ1v) is 13.4. The highest BCUT2D eigenvalue weighted by Crippen LogP contribution is 2.41. The lowest BCUT2D eigenvalue weighted by Crippen LogP contribution is -2.66. The molecule has 2 aromatic carbocycles. The molecular weight excluding hydrogens is 490 g/mol. The number of carbonyl (C=O) groups excluding carboxylic acids is 3. The number of nitrogens with one attached hydrogen (secondary N) is 2. The van der Waals surface area contributed by atoms with Crippen molar-refractivity contribution in [2.24, 2.45) is 17.8 Å². The number of rotatable bonds is 7. The van der Waals surface area contributed by atoms with Crippen LogP contribution in [0.4, 0.5) is 4.79 Å². The van der Waals surface area contributed by atoms with Crippen molar-refractivity contribution < 1.29 is 14.4 Å². The van der Waals surface area contributed by atoms with Crippen LogP contribution in [0.2, 0.25) is 5.02 Å². The molecule has 9 heteroatoms. The summed E-state index contributed by atoms with van der Waals surface area (Å²) in [4.78, 5) is 44.1. The van der Waals surface area contributed by atoms with Crippen molar-refractivity contribution in [2.75, 3.05) is 6.54 Å². The summed E-state index contributed by atoms with van der Waals surface area (Å²) in [7, 11) is 0. The molecule has 3 aliphatic rings. The van der Waals surface area contributed by atoms with Crippen LogP contribution in [0.5, 0.6) is 0 Å². The van der Waals surface area contributed by atoms with Gasteiger partial charge < -0.3 is 10.2 Å². The largest absolute Gasteiger partial charge is 0.356 e. The topological polar surface area (TPSA) is 85.0 Å². The molecule has 1 aliphatic carbocycles. The monoisotopic (exact) mass is 523 g/mol. The Morgan fingerprint density at radius 3 is 2.51 bits per heavy atom. The number of benzene rings is 2. The Morgan fingerprint density at radius 1 is 1.05 bits per heavy atom. The van der Waals surface area contributed by atoms with E-state index in [0.29, 0.717) is 43.3 Å². The van der Waals surface area contributed by atoms with Gasteiger partial charge in [-0.1, -0.05) is 74.0 Å². The van der Waals surface area contributed by atoms with Crippen LogP contribution in [-0.2, 0) is 22.7 Å². The SMILES string of the molecule is CC(C)CNC(=O)C1CCC2C(=O)N(Cc3ccccc3)C3NN(Cc4ccccc4Cl)C(=O)N3C2C1. The van der Waals surface area contributed by atoms with E-state index in [4.69, 9.17) is 11.6 Å². The first kappa shape index (κ1) is 25.5. The summed E-state index contributed by atoms with van der Waals surface area (Å²) >= 11 is 6.39. The predicted octanol–water partition coefficient (Wildman–Crippen LogP) is 3.97. The van der Waals surface area contributed by atoms with Crippen molar-refractivity contribution in [1.29, 1.82) is 0 Å². The zero-order valence-electron chi connectivity index (χ0n) is 21.3. The number of nitrogens with zero attached hydrogens (tertiary/aromatic N) is 3. The van der Waals surface area contributed by atoms with Gasteiger partial charge in [-0.15, -0.1) is 0 Å². The molecule has 3 fully saturated rings. The van der Waals surface area contributed by atoms with Gasteiger partial charge in [-0.3, -0.25) is 19.5 Å².